The van der Waals surface area contributed by atoms with Gasteiger partial charge in [0.05, 0.1) is 26.6 Å². The number of aromatic nitrogens is 2. The molecule has 0 spiro atoms. The molecule has 1 saturated heterocycles. The average Bonchev–Trinajstić information content (AvgIpc) is 2.84. The fourth-order valence-corrected chi connectivity index (χ4v) is 5.46. The minimum Gasteiger partial charge on any atom is -0.837 e. The number of likely N-dealkylation sites (tertiary alicyclic amines) is 1. The lowest BCUT2D eigenvalue weighted by Gasteiger charge is -2.48. The lowest BCUT2D eigenvalue weighted by Crippen LogP contribution is -2.59. The molecule has 1 aromatic carbocycles. The van der Waals surface area contributed by atoms with Crippen molar-refractivity contribution in [3.63, 3.8) is 0 Å². The molecule has 2 fully saturated rings. The van der Waals surface area contributed by atoms with Crippen molar-refractivity contribution in [1.82, 2.24) is 9.97 Å². The summed E-state index contributed by atoms with van der Waals surface area (Å²) in [5.74, 6) is 0.0530. The van der Waals surface area contributed by atoms with Crippen LogP contribution in [0.15, 0.2) is 48.8 Å². The molecule has 2 heterocycles. The number of carbonyl (C=O) groups excluding carboxylic acids is 1. The van der Waals surface area contributed by atoms with Crippen molar-refractivity contribution in [3.05, 3.63) is 60.2 Å². The minimum absolute atomic E-state index is 0.203. The van der Waals surface area contributed by atoms with E-state index in [2.05, 4.69) is 17.0 Å². The van der Waals surface area contributed by atoms with E-state index in [0.717, 1.165) is 81.3 Å². The maximum absolute atomic E-state index is 14.2. The molecule has 1 aromatic heterocycles. The Kier molecular flexibility index (Phi) is 7.21. The van der Waals surface area contributed by atoms with Crippen molar-refractivity contribution in [2.24, 2.45) is 5.92 Å². The van der Waals surface area contributed by atoms with Crippen LogP contribution in [0.2, 0.25) is 0 Å². The van der Waals surface area contributed by atoms with Crippen molar-refractivity contribution >= 4 is 5.97 Å². The Bertz CT molecular complexity index is 872. The summed E-state index contributed by atoms with van der Waals surface area (Å²) in [5, 5.41) is 14.2. The smallest absolute Gasteiger partial charge is 0.300 e. The Balaban J connectivity index is 1.45. The molecule has 172 valence electrons. The zero-order chi connectivity index (χ0) is 22.4. The number of quaternary nitrogens is 1. The maximum atomic E-state index is 14.2. The van der Waals surface area contributed by atoms with E-state index < -0.39 is 11.6 Å². The van der Waals surface area contributed by atoms with Gasteiger partial charge < -0.3 is 14.3 Å². The molecule has 0 N–H and O–H groups in total. The molecule has 0 radical (unpaired) electrons. The summed E-state index contributed by atoms with van der Waals surface area (Å²) < 4.78 is 6.82. The third-order valence-electron chi connectivity index (χ3n) is 7.32. The van der Waals surface area contributed by atoms with Crippen LogP contribution in [-0.4, -0.2) is 53.2 Å². The molecule has 1 aliphatic heterocycles. The molecule has 3 atom stereocenters. The topological polar surface area (TPSA) is 75.1 Å². The monoisotopic (exact) mass is 437 g/mol. The average molecular weight is 438 g/mol. The molecule has 2 aliphatic rings. The Morgan fingerprint density at radius 3 is 2.50 bits per heavy atom. The van der Waals surface area contributed by atoms with Gasteiger partial charge >= 0.3 is 5.97 Å². The zero-order valence-corrected chi connectivity index (χ0v) is 19.1. The van der Waals surface area contributed by atoms with E-state index in [1.165, 1.54) is 0 Å². The summed E-state index contributed by atoms with van der Waals surface area (Å²) in [6, 6.07) is 11.0. The molecule has 0 bridgehead atoms. The number of carbonyl (C=O) groups is 1. The first-order chi connectivity index (χ1) is 15.5. The normalized spacial score (nSPS) is 26.2. The van der Waals surface area contributed by atoms with Crippen LogP contribution in [0, 0.1) is 5.92 Å². The first-order valence-corrected chi connectivity index (χ1v) is 12.1. The molecular formula is C26H35N3O3. The number of rotatable bonds is 7. The van der Waals surface area contributed by atoms with E-state index >= 15 is 0 Å². The van der Waals surface area contributed by atoms with E-state index in [-0.39, 0.29) is 12.0 Å². The van der Waals surface area contributed by atoms with E-state index in [0.29, 0.717) is 5.56 Å². The molecule has 2 aromatic rings. The van der Waals surface area contributed by atoms with Gasteiger partial charge in [-0.25, -0.2) is 9.97 Å². The first kappa shape index (κ1) is 22.9. The third-order valence-corrected chi connectivity index (χ3v) is 7.32. The number of hydrogen-bond donors (Lipinski definition) is 0. The minimum atomic E-state index is -1.82. The number of piperidine rings is 1. The highest BCUT2D eigenvalue weighted by Crippen LogP contribution is 2.39. The number of likely N-dealkylation sites (N-methyl/N-ethyl adjacent to an activating group) is 1. The van der Waals surface area contributed by atoms with Crippen LogP contribution in [0.4, 0.5) is 0 Å². The van der Waals surface area contributed by atoms with Crippen LogP contribution in [0.1, 0.15) is 56.3 Å². The van der Waals surface area contributed by atoms with Gasteiger partial charge in [-0.2, -0.15) is 0 Å². The second kappa shape index (κ2) is 10.1. The Labute approximate surface area is 191 Å². The zero-order valence-electron chi connectivity index (χ0n) is 19.1. The largest absolute Gasteiger partial charge is 0.837 e. The van der Waals surface area contributed by atoms with E-state index in [9.17, 15) is 9.90 Å². The fraction of sp³-hybridized carbons (Fsp3) is 0.577. The first-order valence-electron chi connectivity index (χ1n) is 12.1. The maximum Gasteiger partial charge on any atom is 0.300 e. The number of nitrogens with zero attached hydrogens (tertiary/aromatic N) is 3. The van der Waals surface area contributed by atoms with Crippen molar-refractivity contribution in [3.8, 4) is 0 Å². The van der Waals surface area contributed by atoms with Gasteiger partial charge in [0.25, 0.3) is 0 Å². The van der Waals surface area contributed by atoms with Crippen LogP contribution in [0.3, 0.4) is 0 Å². The number of benzene rings is 1. The van der Waals surface area contributed by atoms with Crippen LogP contribution in [-0.2, 0) is 21.6 Å². The Morgan fingerprint density at radius 2 is 1.78 bits per heavy atom. The summed E-state index contributed by atoms with van der Waals surface area (Å²) in [6.45, 7) is 2.65. The predicted molar refractivity (Wildman–Crippen MR) is 120 cm³/mol. The summed E-state index contributed by atoms with van der Waals surface area (Å²) >= 11 is 0. The molecule has 6 heteroatoms. The van der Waals surface area contributed by atoms with Gasteiger partial charge in [0.1, 0.15) is 12.4 Å². The van der Waals surface area contributed by atoms with Crippen molar-refractivity contribution in [2.75, 3.05) is 26.7 Å². The van der Waals surface area contributed by atoms with Gasteiger partial charge in [-0.1, -0.05) is 62.4 Å². The third kappa shape index (κ3) is 5.18. The number of esters is 1. The second-order valence-electron chi connectivity index (χ2n) is 9.77. The highest BCUT2D eigenvalue weighted by atomic mass is 16.6. The molecule has 4 rings (SSSR count). The molecular weight excluding hydrogens is 402 g/mol. The Morgan fingerprint density at radius 1 is 1.06 bits per heavy atom. The summed E-state index contributed by atoms with van der Waals surface area (Å²) in [6.07, 6.45) is 10.6. The van der Waals surface area contributed by atoms with E-state index in [1.54, 1.807) is 24.5 Å². The van der Waals surface area contributed by atoms with Crippen molar-refractivity contribution in [2.45, 2.75) is 63.1 Å². The summed E-state index contributed by atoms with van der Waals surface area (Å²) in [4.78, 5) is 22.1. The van der Waals surface area contributed by atoms with Gasteiger partial charge in [-0.3, -0.25) is 4.79 Å². The quantitative estimate of drug-likeness (QED) is 0.492. The SMILES string of the molecule is C[N@+]1(CCc2ncccn2)CCCC(OC(=O)C([O-])(c2ccccc2)C2CCCCC2)C1. The van der Waals surface area contributed by atoms with Gasteiger partial charge in [-0.05, 0) is 24.0 Å². The van der Waals surface area contributed by atoms with Gasteiger partial charge in [0.15, 0.2) is 6.10 Å². The van der Waals surface area contributed by atoms with E-state index in [1.807, 2.05) is 24.3 Å². The lowest BCUT2D eigenvalue weighted by atomic mass is 9.73. The van der Waals surface area contributed by atoms with Gasteiger partial charge in [-0.15, -0.1) is 0 Å². The van der Waals surface area contributed by atoms with Crippen LogP contribution >= 0.6 is 0 Å². The standard InChI is InChI=1S/C26H35N3O3/c1-29(19-15-24-27-16-9-17-28-24)18-8-14-23(20-29)32-25(30)26(31,21-10-4-2-5-11-21)22-12-6-3-7-13-22/h2,4-5,9-11,16-17,22-23H,3,6-8,12-15,18-20H2,1H3/t23?,26?,29-/m1/s1. The van der Waals surface area contributed by atoms with E-state index in [4.69, 9.17) is 4.74 Å². The fourth-order valence-electron chi connectivity index (χ4n) is 5.46. The summed E-state index contributed by atoms with van der Waals surface area (Å²) in [5.41, 5.74) is -1.27. The molecule has 0 amide bonds. The van der Waals surface area contributed by atoms with Crippen LogP contribution in [0.25, 0.3) is 0 Å². The lowest BCUT2D eigenvalue weighted by molar-refractivity contribution is -0.916. The van der Waals surface area contributed by atoms with Gasteiger partial charge in [0.2, 0.25) is 0 Å². The molecule has 1 aliphatic carbocycles. The highest BCUT2D eigenvalue weighted by molar-refractivity contribution is 5.81. The van der Waals surface area contributed by atoms with Crippen LogP contribution in [0.5, 0.6) is 0 Å². The Hall–Kier alpha value is -2.31. The molecule has 32 heavy (non-hydrogen) atoms. The number of hydrogen-bond acceptors (Lipinski definition) is 5. The second-order valence-corrected chi connectivity index (χ2v) is 9.77. The number of ether oxygens (including phenoxy) is 1. The van der Waals surface area contributed by atoms with Crippen molar-refractivity contribution < 1.29 is 19.1 Å². The molecule has 2 unspecified atom stereocenters. The predicted octanol–water partition coefficient (Wildman–Crippen LogP) is 3.01. The molecule has 6 nitrogen and oxygen atoms in total. The van der Waals surface area contributed by atoms with Crippen LogP contribution < -0.4 is 5.11 Å². The van der Waals surface area contributed by atoms with Crippen molar-refractivity contribution in [1.29, 1.82) is 0 Å². The van der Waals surface area contributed by atoms with Gasteiger partial charge in [0, 0.05) is 24.4 Å². The highest BCUT2D eigenvalue weighted by Gasteiger charge is 2.41. The summed E-state index contributed by atoms with van der Waals surface area (Å²) in [7, 11) is 2.20. The molecule has 1 saturated carbocycles.